The summed E-state index contributed by atoms with van der Waals surface area (Å²) in [5, 5.41) is -1.06. The zero-order valence-electron chi connectivity index (χ0n) is 6.51. The Morgan fingerprint density at radius 3 is 2.64 bits per heavy atom. The molecule has 0 radical (unpaired) electrons. The van der Waals surface area contributed by atoms with Crippen molar-refractivity contribution >= 4 is 16.8 Å². The van der Waals surface area contributed by atoms with E-state index in [4.69, 9.17) is 11.6 Å². The van der Waals surface area contributed by atoms with E-state index in [0.29, 0.717) is 0 Å². The Bertz CT molecular complexity index is 353. The van der Waals surface area contributed by atoms with Crippen LogP contribution in [0.4, 0.5) is 13.2 Å². The zero-order chi connectivity index (χ0) is 10.8. The Hall–Kier alpha value is -1.30. The van der Waals surface area contributed by atoms with Crippen molar-refractivity contribution in [3.63, 3.8) is 0 Å². The number of hydrogen-bond donors (Lipinski definition) is 0. The average Bonchev–Trinajstić information content (AvgIpc) is 2.01. The third-order valence-electron chi connectivity index (χ3n) is 1.22. The Balaban J connectivity index is 3.02. The van der Waals surface area contributed by atoms with E-state index in [-0.39, 0.29) is 0 Å². The number of hydrogen-bond acceptors (Lipinski definition) is 3. The standard InChI is InChI=1S/C7H3ClF3NO2/c8-6(13)4-3-12-2-1-5(4)14-7(9,10)11/h1-3H. The molecule has 1 rings (SSSR count). The van der Waals surface area contributed by atoms with E-state index < -0.39 is 22.9 Å². The SMILES string of the molecule is O=C(Cl)c1cnccc1OC(F)(F)F. The Morgan fingerprint density at radius 1 is 1.50 bits per heavy atom. The molecule has 0 atom stereocenters. The minimum Gasteiger partial charge on any atom is -0.405 e. The summed E-state index contributed by atoms with van der Waals surface area (Å²) in [5.41, 5.74) is -0.425. The first-order chi connectivity index (χ1) is 6.40. The molecule has 0 spiro atoms. The number of carbonyl (C=O) groups is 1. The van der Waals surface area contributed by atoms with Gasteiger partial charge in [-0.25, -0.2) is 0 Å². The number of nitrogens with zero attached hydrogens (tertiary/aromatic N) is 1. The van der Waals surface area contributed by atoms with Gasteiger partial charge in [0.1, 0.15) is 5.75 Å². The summed E-state index contributed by atoms with van der Waals surface area (Å²) < 4.78 is 38.9. The van der Waals surface area contributed by atoms with E-state index >= 15 is 0 Å². The van der Waals surface area contributed by atoms with Crippen LogP contribution in [0.2, 0.25) is 0 Å². The fourth-order valence-electron chi connectivity index (χ4n) is 0.743. The molecule has 0 aliphatic carbocycles. The fraction of sp³-hybridized carbons (Fsp3) is 0.143. The van der Waals surface area contributed by atoms with Crippen LogP contribution in [0.15, 0.2) is 18.5 Å². The van der Waals surface area contributed by atoms with Gasteiger partial charge < -0.3 is 4.74 Å². The molecule has 0 saturated carbocycles. The topological polar surface area (TPSA) is 39.2 Å². The van der Waals surface area contributed by atoms with Gasteiger partial charge in [0.15, 0.2) is 0 Å². The predicted molar refractivity (Wildman–Crippen MR) is 41.1 cm³/mol. The molecule has 0 aromatic carbocycles. The molecule has 0 aliphatic rings. The van der Waals surface area contributed by atoms with Gasteiger partial charge in [-0.3, -0.25) is 9.78 Å². The van der Waals surface area contributed by atoms with E-state index in [0.717, 1.165) is 18.5 Å². The molecule has 0 N–H and O–H groups in total. The minimum atomic E-state index is -4.86. The van der Waals surface area contributed by atoms with E-state index in [9.17, 15) is 18.0 Å². The first kappa shape index (κ1) is 10.8. The van der Waals surface area contributed by atoms with Crippen LogP contribution in [0.5, 0.6) is 5.75 Å². The highest BCUT2D eigenvalue weighted by Gasteiger charge is 2.32. The Morgan fingerprint density at radius 2 is 2.14 bits per heavy atom. The normalized spacial score (nSPS) is 11.1. The number of halogens is 4. The molecule has 3 nitrogen and oxygen atoms in total. The summed E-state index contributed by atoms with van der Waals surface area (Å²) in [4.78, 5) is 14.1. The molecule has 7 heteroatoms. The number of ether oxygens (including phenoxy) is 1. The van der Waals surface area contributed by atoms with Crippen LogP contribution in [-0.4, -0.2) is 16.6 Å². The minimum absolute atomic E-state index is 0.425. The highest BCUT2D eigenvalue weighted by molar-refractivity contribution is 6.68. The van der Waals surface area contributed by atoms with Crippen LogP contribution in [0.1, 0.15) is 10.4 Å². The van der Waals surface area contributed by atoms with Crippen molar-refractivity contribution in [3.8, 4) is 5.75 Å². The maximum atomic E-state index is 11.8. The van der Waals surface area contributed by atoms with Gasteiger partial charge in [-0.1, -0.05) is 0 Å². The number of rotatable bonds is 2. The third kappa shape index (κ3) is 2.88. The molecule has 1 aromatic heterocycles. The lowest BCUT2D eigenvalue weighted by molar-refractivity contribution is -0.274. The third-order valence-corrected chi connectivity index (χ3v) is 1.42. The maximum absolute atomic E-state index is 11.8. The van der Waals surface area contributed by atoms with Gasteiger partial charge in [0, 0.05) is 12.4 Å². The average molecular weight is 226 g/mol. The Kier molecular flexibility index (Phi) is 2.95. The van der Waals surface area contributed by atoms with Crippen LogP contribution in [0.25, 0.3) is 0 Å². The molecule has 0 amide bonds. The second-order valence-corrected chi connectivity index (χ2v) is 2.54. The van der Waals surface area contributed by atoms with Crippen LogP contribution in [0.3, 0.4) is 0 Å². The second-order valence-electron chi connectivity index (χ2n) is 2.19. The fourth-order valence-corrected chi connectivity index (χ4v) is 0.885. The smallest absolute Gasteiger partial charge is 0.405 e. The molecule has 0 aliphatic heterocycles. The van der Waals surface area contributed by atoms with Gasteiger partial charge in [-0.05, 0) is 17.7 Å². The zero-order valence-corrected chi connectivity index (χ0v) is 7.26. The van der Waals surface area contributed by atoms with Gasteiger partial charge in [-0.2, -0.15) is 0 Å². The van der Waals surface area contributed by atoms with Gasteiger partial charge in [0.05, 0.1) is 5.56 Å². The molecule has 1 aromatic rings. The highest BCUT2D eigenvalue weighted by atomic mass is 35.5. The molecule has 0 saturated heterocycles. The summed E-state index contributed by atoms with van der Waals surface area (Å²) >= 11 is 5.01. The van der Waals surface area contributed by atoms with Crippen molar-refractivity contribution in [1.29, 1.82) is 0 Å². The van der Waals surface area contributed by atoms with E-state index in [1.807, 2.05) is 0 Å². The van der Waals surface area contributed by atoms with Crippen LogP contribution >= 0.6 is 11.6 Å². The summed E-state index contributed by atoms with van der Waals surface area (Å²) in [6.45, 7) is 0. The Labute approximate surface area is 81.5 Å². The van der Waals surface area contributed by atoms with Crippen molar-refractivity contribution in [3.05, 3.63) is 24.0 Å². The summed E-state index contributed by atoms with van der Waals surface area (Å²) in [5.74, 6) is -0.660. The van der Waals surface area contributed by atoms with Crippen molar-refractivity contribution in [2.75, 3.05) is 0 Å². The molecule has 0 fully saturated rings. The second kappa shape index (κ2) is 3.83. The van der Waals surface area contributed by atoms with Crippen molar-refractivity contribution in [2.45, 2.75) is 6.36 Å². The quantitative estimate of drug-likeness (QED) is 0.726. The van der Waals surface area contributed by atoms with Gasteiger partial charge in [-0.15, -0.1) is 13.2 Å². The first-order valence-electron chi connectivity index (χ1n) is 3.30. The summed E-state index contributed by atoms with van der Waals surface area (Å²) in [6, 6.07) is 0.906. The molecule has 0 unspecified atom stereocenters. The number of carbonyl (C=O) groups excluding carboxylic acids is 1. The van der Waals surface area contributed by atoms with Crippen molar-refractivity contribution in [1.82, 2.24) is 4.98 Å². The largest absolute Gasteiger partial charge is 0.573 e. The monoisotopic (exact) mass is 225 g/mol. The molecular weight excluding hydrogens is 223 g/mol. The molecule has 76 valence electrons. The lowest BCUT2D eigenvalue weighted by atomic mass is 10.3. The summed E-state index contributed by atoms with van der Waals surface area (Å²) in [6.07, 6.45) is -2.90. The molecular formula is C7H3ClF3NO2. The van der Waals surface area contributed by atoms with E-state index in [1.165, 1.54) is 0 Å². The maximum Gasteiger partial charge on any atom is 0.573 e. The van der Waals surface area contributed by atoms with E-state index in [1.54, 1.807) is 0 Å². The summed E-state index contributed by atoms with van der Waals surface area (Å²) in [7, 11) is 0. The van der Waals surface area contributed by atoms with Crippen LogP contribution in [-0.2, 0) is 0 Å². The first-order valence-corrected chi connectivity index (χ1v) is 3.67. The van der Waals surface area contributed by atoms with Gasteiger partial charge >= 0.3 is 6.36 Å². The van der Waals surface area contributed by atoms with Crippen molar-refractivity contribution in [2.24, 2.45) is 0 Å². The van der Waals surface area contributed by atoms with E-state index in [2.05, 4.69) is 9.72 Å². The highest BCUT2D eigenvalue weighted by Crippen LogP contribution is 2.26. The lowest BCUT2D eigenvalue weighted by Gasteiger charge is -2.10. The number of alkyl halides is 3. The molecule has 1 heterocycles. The molecule has 0 bridgehead atoms. The number of aromatic nitrogens is 1. The predicted octanol–water partition coefficient (Wildman–Crippen LogP) is 2.36. The van der Waals surface area contributed by atoms with Crippen molar-refractivity contribution < 1.29 is 22.7 Å². The molecule has 14 heavy (non-hydrogen) atoms. The van der Waals surface area contributed by atoms with Gasteiger partial charge in [0.2, 0.25) is 0 Å². The number of pyridine rings is 1. The van der Waals surface area contributed by atoms with Crippen LogP contribution < -0.4 is 4.74 Å². The van der Waals surface area contributed by atoms with Crippen LogP contribution in [0, 0.1) is 0 Å². The lowest BCUT2D eigenvalue weighted by Crippen LogP contribution is -2.18. The van der Waals surface area contributed by atoms with Gasteiger partial charge in [0.25, 0.3) is 5.24 Å².